The van der Waals surface area contributed by atoms with E-state index in [4.69, 9.17) is 10.5 Å². The molecule has 138 valence electrons. The van der Waals surface area contributed by atoms with Gasteiger partial charge in [-0.05, 0) is 37.5 Å². The second-order valence-corrected chi connectivity index (χ2v) is 7.99. The number of piperidine rings is 2. The average Bonchev–Trinajstić information content (AvgIpc) is 3.14. The molecule has 0 unspecified atom stereocenters. The van der Waals surface area contributed by atoms with E-state index in [1.807, 2.05) is 9.80 Å². The first-order valence-electron chi connectivity index (χ1n) is 9.51. The van der Waals surface area contributed by atoms with E-state index in [2.05, 4.69) is 0 Å². The van der Waals surface area contributed by atoms with Gasteiger partial charge in [0.1, 0.15) is 0 Å². The maximum atomic E-state index is 12.7. The molecule has 3 aliphatic heterocycles. The van der Waals surface area contributed by atoms with Gasteiger partial charge >= 0.3 is 0 Å². The zero-order valence-corrected chi connectivity index (χ0v) is 14.6. The van der Waals surface area contributed by atoms with E-state index < -0.39 is 0 Å². The van der Waals surface area contributed by atoms with Crippen LogP contribution in [0.1, 0.15) is 25.7 Å². The molecule has 2 N–H and O–H groups in total. The van der Waals surface area contributed by atoms with Gasteiger partial charge in [-0.15, -0.1) is 0 Å². The molecule has 25 heavy (non-hydrogen) atoms. The minimum absolute atomic E-state index is 0.0869. The number of carbonyl (C=O) groups is 3. The zero-order valence-electron chi connectivity index (χ0n) is 14.6. The van der Waals surface area contributed by atoms with Gasteiger partial charge in [0.2, 0.25) is 17.7 Å². The van der Waals surface area contributed by atoms with Crippen molar-refractivity contribution in [3.63, 3.8) is 0 Å². The highest BCUT2D eigenvalue weighted by Crippen LogP contribution is 2.53. The van der Waals surface area contributed by atoms with E-state index in [9.17, 15) is 14.4 Å². The van der Waals surface area contributed by atoms with Crippen molar-refractivity contribution in [2.45, 2.75) is 25.7 Å². The number of rotatable bonds is 3. The molecule has 0 spiro atoms. The third-order valence-electron chi connectivity index (χ3n) is 6.57. The number of primary amides is 1. The van der Waals surface area contributed by atoms with E-state index >= 15 is 0 Å². The lowest BCUT2D eigenvalue weighted by atomic mass is 9.96. The van der Waals surface area contributed by atoms with E-state index in [0.29, 0.717) is 51.0 Å². The first-order chi connectivity index (χ1) is 12.1. The molecule has 1 aliphatic carbocycles. The molecular formula is C18H27N3O4. The Labute approximate surface area is 147 Å². The summed E-state index contributed by atoms with van der Waals surface area (Å²) in [4.78, 5) is 40.4. The van der Waals surface area contributed by atoms with Gasteiger partial charge in [0.25, 0.3) is 0 Å². The number of fused-ring (bicyclic) bond motifs is 1. The molecule has 4 aliphatic rings. The smallest absolute Gasteiger partial charge is 0.226 e. The van der Waals surface area contributed by atoms with Gasteiger partial charge in [-0.2, -0.15) is 0 Å². The van der Waals surface area contributed by atoms with Gasteiger partial charge in [0.05, 0.1) is 0 Å². The first kappa shape index (κ1) is 16.8. The minimum Gasteiger partial charge on any atom is -0.381 e. The number of ether oxygens (including phenoxy) is 1. The summed E-state index contributed by atoms with van der Waals surface area (Å²) in [6.07, 6.45) is 3.00. The largest absolute Gasteiger partial charge is 0.381 e. The number of nitrogens with two attached hydrogens (primary N) is 1. The Balaban J connectivity index is 1.26. The number of hydrogen-bond acceptors (Lipinski definition) is 4. The second-order valence-electron chi connectivity index (χ2n) is 7.99. The molecule has 0 aromatic carbocycles. The Bertz CT molecular complexity index is 555. The lowest BCUT2D eigenvalue weighted by Gasteiger charge is -2.32. The SMILES string of the molecule is NC(=O)C1CCN(C(=O)C2[C@H]3CN(C(=O)C4CCOCC4)C[C@H]23)CC1. The number of likely N-dealkylation sites (tertiary alicyclic amines) is 2. The summed E-state index contributed by atoms with van der Waals surface area (Å²) in [6, 6.07) is 0. The molecule has 7 heteroatoms. The third-order valence-corrected chi connectivity index (χ3v) is 6.57. The van der Waals surface area contributed by atoms with Crippen LogP contribution in [-0.4, -0.2) is 66.9 Å². The standard InChI is InChI=1S/C18H27N3O4/c19-16(22)11-1-5-20(6-2-11)18(24)15-13-9-21(10-14(13)15)17(23)12-3-7-25-8-4-12/h11-15H,1-10H2,(H2,19,22)/t13-,14-/m0/s1. The van der Waals surface area contributed by atoms with Crippen molar-refractivity contribution in [2.75, 3.05) is 39.4 Å². The Morgan fingerprint density at radius 2 is 1.40 bits per heavy atom. The van der Waals surface area contributed by atoms with Crippen LogP contribution in [-0.2, 0) is 19.1 Å². The fourth-order valence-corrected chi connectivity index (χ4v) is 4.87. The van der Waals surface area contributed by atoms with Crippen molar-refractivity contribution in [3.8, 4) is 0 Å². The summed E-state index contributed by atoms with van der Waals surface area (Å²) in [7, 11) is 0. The summed E-state index contributed by atoms with van der Waals surface area (Å²) < 4.78 is 5.33. The first-order valence-corrected chi connectivity index (χ1v) is 9.51. The van der Waals surface area contributed by atoms with Gasteiger partial charge in [-0.3, -0.25) is 14.4 Å². The Kier molecular flexibility index (Phi) is 4.43. The van der Waals surface area contributed by atoms with Crippen molar-refractivity contribution in [1.29, 1.82) is 0 Å². The minimum atomic E-state index is -0.252. The topological polar surface area (TPSA) is 92.9 Å². The predicted octanol–water partition coefficient (Wildman–Crippen LogP) is -0.159. The van der Waals surface area contributed by atoms with Crippen LogP contribution >= 0.6 is 0 Å². The summed E-state index contributed by atoms with van der Waals surface area (Å²) >= 11 is 0. The van der Waals surface area contributed by atoms with Crippen molar-refractivity contribution in [2.24, 2.45) is 35.3 Å². The van der Waals surface area contributed by atoms with Gasteiger partial charge in [0, 0.05) is 57.1 Å². The van der Waals surface area contributed by atoms with Gasteiger partial charge < -0.3 is 20.3 Å². The van der Waals surface area contributed by atoms with Gasteiger partial charge in [-0.1, -0.05) is 0 Å². The molecule has 7 nitrogen and oxygen atoms in total. The van der Waals surface area contributed by atoms with Crippen LogP contribution in [0.5, 0.6) is 0 Å². The van der Waals surface area contributed by atoms with Crippen molar-refractivity contribution in [1.82, 2.24) is 9.80 Å². The average molecular weight is 349 g/mol. The van der Waals surface area contributed by atoms with Crippen LogP contribution in [0.4, 0.5) is 0 Å². The van der Waals surface area contributed by atoms with E-state index in [1.54, 1.807) is 0 Å². The Hall–Kier alpha value is -1.63. The number of amides is 3. The van der Waals surface area contributed by atoms with E-state index in [1.165, 1.54) is 0 Å². The molecule has 3 amide bonds. The van der Waals surface area contributed by atoms with Crippen LogP contribution in [0.2, 0.25) is 0 Å². The predicted molar refractivity (Wildman–Crippen MR) is 89.1 cm³/mol. The second kappa shape index (κ2) is 6.59. The van der Waals surface area contributed by atoms with Crippen molar-refractivity contribution >= 4 is 17.7 Å². The maximum Gasteiger partial charge on any atom is 0.226 e. The zero-order chi connectivity index (χ0) is 17.6. The lowest BCUT2D eigenvalue weighted by Crippen LogP contribution is -2.44. The van der Waals surface area contributed by atoms with Crippen LogP contribution in [0, 0.1) is 29.6 Å². The van der Waals surface area contributed by atoms with Crippen molar-refractivity contribution < 1.29 is 19.1 Å². The van der Waals surface area contributed by atoms with Crippen molar-refractivity contribution in [3.05, 3.63) is 0 Å². The molecule has 3 saturated heterocycles. The number of carbonyl (C=O) groups excluding carboxylic acids is 3. The molecule has 4 rings (SSSR count). The van der Waals surface area contributed by atoms with Gasteiger partial charge in [-0.25, -0.2) is 0 Å². The lowest BCUT2D eigenvalue weighted by molar-refractivity contribution is -0.140. The highest BCUT2D eigenvalue weighted by molar-refractivity contribution is 5.85. The monoisotopic (exact) mass is 349 g/mol. The molecule has 0 bridgehead atoms. The summed E-state index contributed by atoms with van der Waals surface area (Å²) in [5.41, 5.74) is 5.35. The highest BCUT2D eigenvalue weighted by atomic mass is 16.5. The molecule has 0 radical (unpaired) electrons. The molecule has 4 fully saturated rings. The molecular weight excluding hydrogens is 322 g/mol. The normalized spacial score (nSPS) is 33.2. The highest BCUT2D eigenvalue weighted by Gasteiger charge is 2.61. The molecule has 1 saturated carbocycles. The fourth-order valence-electron chi connectivity index (χ4n) is 4.87. The summed E-state index contributed by atoms with van der Waals surface area (Å²) in [6.45, 7) is 4.09. The number of nitrogens with zero attached hydrogens (tertiary/aromatic N) is 2. The molecule has 0 aromatic rings. The number of hydrogen-bond donors (Lipinski definition) is 1. The third kappa shape index (κ3) is 3.14. The maximum absolute atomic E-state index is 12.7. The van der Waals surface area contributed by atoms with Crippen LogP contribution in [0.3, 0.4) is 0 Å². The van der Waals surface area contributed by atoms with Crippen LogP contribution in [0.15, 0.2) is 0 Å². The summed E-state index contributed by atoms with van der Waals surface area (Å²) in [5.74, 6) is 1.00. The Morgan fingerprint density at radius 1 is 0.800 bits per heavy atom. The van der Waals surface area contributed by atoms with E-state index in [-0.39, 0.29) is 35.5 Å². The quantitative estimate of drug-likeness (QED) is 0.766. The fraction of sp³-hybridized carbons (Fsp3) is 0.833. The van der Waals surface area contributed by atoms with Crippen LogP contribution in [0.25, 0.3) is 0 Å². The van der Waals surface area contributed by atoms with Gasteiger partial charge in [0.15, 0.2) is 0 Å². The Morgan fingerprint density at radius 3 is 1.96 bits per heavy atom. The van der Waals surface area contributed by atoms with E-state index in [0.717, 1.165) is 25.9 Å². The molecule has 2 atom stereocenters. The van der Waals surface area contributed by atoms with Crippen LogP contribution < -0.4 is 5.73 Å². The molecule has 0 aromatic heterocycles. The summed E-state index contributed by atoms with van der Waals surface area (Å²) in [5, 5.41) is 0. The molecule has 3 heterocycles.